The number of allylic oxidation sites excluding steroid dienone is 1. The average Bonchev–Trinajstić information content (AvgIpc) is 2.75. The number of rotatable bonds is 6. The molecule has 0 saturated heterocycles. The minimum absolute atomic E-state index is 0.132. The van der Waals surface area contributed by atoms with Crippen molar-refractivity contribution in [3.63, 3.8) is 0 Å². The second-order valence-electron chi connectivity index (χ2n) is 6.23. The van der Waals surface area contributed by atoms with Gasteiger partial charge in [0.05, 0.1) is 5.56 Å². The molecule has 0 radical (unpaired) electrons. The molecule has 1 N–H and O–H groups in total. The van der Waals surface area contributed by atoms with E-state index < -0.39 is 11.7 Å². The molecule has 0 bridgehead atoms. The van der Waals surface area contributed by atoms with Crippen LogP contribution in [0.25, 0.3) is 12.2 Å². The van der Waals surface area contributed by atoms with Crippen molar-refractivity contribution in [2.75, 3.05) is 6.54 Å². The highest BCUT2D eigenvalue weighted by molar-refractivity contribution is 5.58. The van der Waals surface area contributed by atoms with Crippen LogP contribution in [0, 0.1) is 6.92 Å². The van der Waals surface area contributed by atoms with E-state index >= 15 is 0 Å². The van der Waals surface area contributed by atoms with Crippen LogP contribution in [0.4, 0.5) is 13.2 Å². The summed E-state index contributed by atoms with van der Waals surface area (Å²) in [7, 11) is 0. The third kappa shape index (κ3) is 9.00. The van der Waals surface area contributed by atoms with E-state index in [1.165, 1.54) is 22.8 Å². The van der Waals surface area contributed by atoms with Gasteiger partial charge in [-0.1, -0.05) is 82.3 Å². The number of hydrogen-bond donors (Lipinski definition) is 1. The van der Waals surface area contributed by atoms with Gasteiger partial charge < -0.3 is 5.32 Å². The van der Waals surface area contributed by atoms with Crippen molar-refractivity contribution >= 4 is 12.2 Å². The van der Waals surface area contributed by atoms with Gasteiger partial charge in [-0.05, 0) is 55.2 Å². The number of benzene rings is 2. The van der Waals surface area contributed by atoms with E-state index in [9.17, 15) is 13.2 Å². The minimum atomic E-state index is -4.31. The van der Waals surface area contributed by atoms with Gasteiger partial charge in [-0.3, -0.25) is 0 Å². The van der Waals surface area contributed by atoms with Gasteiger partial charge in [0, 0.05) is 12.6 Å². The van der Waals surface area contributed by atoms with Crippen LogP contribution in [0.15, 0.2) is 54.6 Å². The first kappa shape index (κ1) is 27.7. The SMILES string of the molecule is C/C=C\c1c(C)cccc1C(C)NC/C=C/c1cccc(C(F)(F)F)c1.CC.CC. The molecule has 0 amide bonds. The van der Waals surface area contributed by atoms with Crippen LogP contribution in [0.1, 0.15) is 75.4 Å². The fourth-order valence-corrected chi connectivity index (χ4v) is 2.84. The molecule has 2 aromatic carbocycles. The van der Waals surface area contributed by atoms with Crippen molar-refractivity contribution in [2.45, 2.75) is 60.7 Å². The maximum Gasteiger partial charge on any atom is 0.416 e. The van der Waals surface area contributed by atoms with E-state index in [1.54, 1.807) is 12.1 Å². The Morgan fingerprint density at radius 2 is 1.60 bits per heavy atom. The molecule has 1 unspecified atom stereocenters. The standard InChI is InChI=1S/C22H24F3N.2C2H6/c1-4-8-20-16(2)9-5-13-21(20)17(3)26-14-7-11-18-10-6-12-19(15-18)22(23,24)25;2*1-2/h4-13,15,17,26H,14H2,1-3H3;2*1-2H3/b8-4-,11-7+;;. The molecular weight excluding hydrogens is 383 g/mol. The lowest BCUT2D eigenvalue weighted by atomic mass is 9.96. The van der Waals surface area contributed by atoms with Crippen molar-refractivity contribution in [3.8, 4) is 0 Å². The summed E-state index contributed by atoms with van der Waals surface area (Å²) in [6, 6.07) is 11.7. The van der Waals surface area contributed by atoms with Crippen LogP contribution in [0.5, 0.6) is 0 Å². The first-order valence-corrected chi connectivity index (χ1v) is 10.6. The van der Waals surface area contributed by atoms with Gasteiger partial charge in [0.15, 0.2) is 0 Å². The Labute approximate surface area is 180 Å². The third-order valence-corrected chi connectivity index (χ3v) is 4.22. The van der Waals surface area contributed by atoms with Crippen LogP contribution < -0.4 is 5.32 Å². The molecule has 0 aliphatic carbocycles. The average molecular weight is 420 g/mol. The number of alkyl halides is 3. The van der Waals surface area contributed by atoms with Crippen LogP contribution in [0.2, 0.25) is 0 Å². The Morgan fingerprint density at radius 1 is 0.967 bits per heavy atom. The van der Waals surface area contributed by atoms with E-state index in [0.29, 0.717) is 12.1 Å². The predicted octanol–water partition coefficient (Wildman–Crippen LogP) is 8.46. The van der Waals surface area contributed by atoms with E-state index in [2.05, 4.69) is 37.4 Å². The highest BCUT2D eigenvalue weighted by atomic mass is 19.4. The zero-order valence-electron chi connectivity index (χ0n) is 19.3. The summed E-state index contributed by atoms with van der Waals surface area (Å²) in [6.07, 6.45) is 3.35. The molecule has 1 atom stereocenters. The monoisotopic (exact) mass is 419 g/mol. The summed E-state index contributed by atoms with van der Waals surface area (Å²) in [5.74, 6) is 0. The van der Waals surface area contributed by atoms with Crippen molar-refractivity contribution in [2.24, 2.45) is 0 Å². The second kappa shape index (κ2) is 14.6. The van der Waals surface area contributed by atoms with E-state index in [-0.39, 0.29) is 6.04 Å². The summed E-state index contributed by atoms with van der Waals surface area (Å²) in [6.45, 7) is 14.7. The fourth-order valence-electron chi connectivity index (χ4n) is 2.84. The van der Waals surface area contributed by atoms with Crippen molar-refractivity contribution in [1.29, 1.82) is 0 Å². The lowest BCUT2D eigenvalue weighted by Crippen LogP contribution is -2.19. The van der Waals surface area contributed by atoms with Crippen molar-refractivity contribution in [1.82, 2.24) is 5.32 Å². The molecule has 4 heteroatoms. The Hall–Kier alpha value is -2.33. The molecule has 0 heterocycles. The van der Waals surface area contributed by atoms with Crippen LogP contribution >= 0.6 is 0 Å². The summed E-state index contributed by atoms with van der Waals surface area (Å²) in [4.78, 5) is 0. The molecule has 0 aliphatic heterocycles. The molecule has 0 saturated carbocycles. The summed E-state index contributed by atoms with van der Waals surface area (Å²) < 4.78 is 38.2. The van der Waals surface area contributed by atoms with Gasteiger partial charge in [0.1, 0.15) is 0 Å². The largest absolute Gasteiger partial charge is 0.416 e. The number of nitrogens with one attached hydrogen (secondary N) is 1. The quantitative estimate of drug-likeness (QED) is 0.495. The van der Waals surface area contributed by atoms with Gasteiger partial charge in [0.25, 0.3) is 0 Å². The zero-order chi connectivity index (χ0) is 23.2. The highest BCUT2D eigenvalue weighted by Gasteiger charge is 2.30. The summed E-state index contributed by atoms with van der Waals surface area (Å²) in [5, 5.41) is 3.40. The van der Waals surface area contributed by atoms with Crippen LogP contribution in [0.3, 0.4) is 0 Å². The normalized spacial score (nSPS) is 12.2. The Bertz CT molecular complexity index is 789. The van der Waals surface area contributed by atoms with Gasteiger partial charge in [-0.25, -0.2) is 0 Å². The third-order valence-electron chi connectivity index (χ3n) is 4.22. The second-order valence-corrected chi connectivity index (χ2v) is 6.23. The lowest BCUT2D eigenvalue weighted by molar-refractivity contribution is -0.137. The van der Waals surface area contributed by atoms with E-state index in [1.807, 2.05) is 52.8 Å². The van der Waals surface area contributed by atoms with Gasteiger partial charge >= 0.3 is 6.18 Å². The molecular formula is C26H36F3N. The Morgan fingerprint density at radius 3 is 2.20 bits per heavy atom. The highest BCUT2D eigenvalue weighted by Crippen LogP contribution is 2.29. The van der Waals surface area contributed by atoms with Crippen molar-refractivity contribution < 1.29 is 13.2 Å². The molecule has 0 aliphatic rings. The van der Waals surface area contributed by atoms with Gasteiger partial charge in [-0.15, -0.1) is 0 Å². The minimum Gasteiger partial charge on any atom is -0.307 e. The van der Waals surface area contributed by atoms with Crippen molar-refractivity contribution in [3.05, 3.63) is 82.4 Å². The Kier molecular flexibility index (Phi) is 13.5. The molecule has 2 rings (SSSR count). The molecule has 0 fully saturated rings. The maximum atomic E-state index is 12.7. The zero-order valence-corrected chi connectivity index (χ0v) is 19.3. The van der Waals surface area contributed by atoms with Crippen LogP contribution in [-0.2, 0) is 6.18 Å². The maximum absolute atomic E-state index is 12.7. The number of hydrogen-bond acceptors (Lipinski definition) is 1. The summed E-state index contributed by atoms with van der Waals surface area (Å²) >= 11 is 0. The number of halogens is 3. The smallest absolute Gasteiger partial charge is 0.307 e. The molecule has 2 aromatic rings. The topological polar surface area (TPSA) is 12.0 Å². The molecule has 0 spiro atoms. The molecule has 166 valence electrons. The fraction of sp³-hybridized carbons (Fsp3) is 0.385. The predicted molar refractivity (Wildman–Crippen MR) is 125 cm³/mol. The summed E-state index contributed by atoms with van der Waals surface area (Å²) in [5.41, 5.74) is 3.54. The van der Waals surface area contributed by atoms with Crippen LogP contribution in [-0.4, -0.2) is 6.54 Å². The molecule has 1 nitrogen and oxygen atoms in total. The van der Waals surface area contributed by atoms with Gasteiger partial charge in [-0.2, -0.15) is 13.2 Å². The first-order chi connectivity index (χ1) is 14.3. The van der Waals surface area contributed by atoms with E-state index in [4.69, 9.17) is 0 Å². The lowest BCUT2D eigenvalue weighted by Gasteiger charge is -2.17. The van der Waals surface area contributed by atoms with Gasteiger partial charge in [0.2, 0.25) is 0 Å². The molecule has 30 heavy (non-hydrogen) atoms. The molecule has 0 aromatic heterocycles. The first-order valence-electron chi connectivity index (χ1n) is 10.6. The Balaban J connectivity index is 0.00000198. The van der Waals surface area contributed by atoms with E-state index in [0.717, 1.165) is 12.1 Å². The number of aryl methyl sites for hydroxylation is 1.